The molecular weight excluding hydrogens is 470 g/mol. The molecule has 0 spiro atoms. The number of likely N-dealkylation sites (tertiary alicyclic amines) is 1. The number of likely N-dealkylation sites (N-methyl/N-ethyl adjacent to an activating group) is 1. The summed E-state index contributed by atoms with van der Waals surface area (Å²) in [6.07, 6.45) is 7.56. The summed E-state index contributed by atoms with van der Waals surface area (Å²) in [5.41, 5.74) is 0.379. The topological polar surface area (TPSA) is 91.0 Å². The lowest BCUT2D eigenvalue weighted by Crippen LogP contribution is -2.53. The number of ether oxygens (including phenoxy) is 1. The Bertz CT molecular complexity index is 1110. The molecule has 1 aliphatic heterocycles. The highest BCUT2D eigenvalue weighted by atomic mass is 35.5. The van der Waals surface area contributed by atoms with Crippen molar-refractivity contribution in [3.63, 3.8) is 0 Å². The third kappa shape index (κ3) is 5.10. The molecule has 2 unspecified atom stereocenters. The van der Waals surface area contributed by atoms with Gasteiger partial charge in [-0.2, -0.15) is 4.57 Å². The van der Waals surface area contributed by atoms with E-state index >= 15 is 0 Å². The second-order valence-corrected chi connectivity index (χ2v) is 9.64. The highest BCUT2D eigenvalue weighted by molar-refractivity contribution is 6.31. The molecule has 1 amide bonds. The van der Waals surface area contributed by atoms with E-state index in [1.54, 1.807) is 29.1 Å². The van der Waals surface area contributed by atoms with Crippen LogP contribution in [0, 0.1) is 0 Å². The van der Waals surface area contributed by atoms with Crippen LogP contribution in [0.5, 0.6) is 0 Å². The number of hydrogen-bond acceptors (Lipinski definition) is 5. The summed E-state index contributed by atoms with van der Waals surface area (Å²) in [5.74, 6) is -1.13. The number of nitrogens with zero attached hydrogens (tertiary/aromatic N) is 3. The van der Waals surface area contributed by atoms with Crippen LogP contribution < -0.4 is 4.57 Å². The zero-order chi connectivity index (χ0) is 25.0. The molecule has 1 N–H and O–H groups in total. The molecule has 1 aliphatic carbocycles. The predicted octanol–water partition coefficient (Wildman–Crippen LogP) is 3.22. The highest BCUT2D eigenvalue weighted by Crippen LogP contribution is 2.42. The van der Waals surface area contributed by atoms with Crippen molar-refractivity contribution in [3.05, 3.63) is 64.9 Å². The van der Waals surface area contributed by atoms with Gasteiger partial charge >= 0.3 is 5.97 Å². The summed E-state index contributed by atoms with van der Waals surface area (Å²) in [7, 11) is 1.87. The number of benzene rings is 1. The first-order valence-electron chi connectivity index (χ1n) is 11.9. The summed E-state index contributed by atoms with van der Waals surface area (Å²) in [6.45, 7) is 0.792. The van der Waals surface area contributed by atoms with E-state index in [-0.39, 0.29) is 25.2 Å². The number of carbonyl (C=O) groups excluding carboxylic acids is 2. The Hall–Kier alpha value is -2.81. The predicted molar refractivity (Wildman–Crippen MR) is 129 cm³/mol. The maximum atomic E-state index is 13.2. The third-order valence-corrected chi connectivity index (χ3v) is 7.38. The van der Waals surface area contributed by atoms with Crippen molar-refractivity contribution in [2.75, 3.05) is 20.3 Å². The Balaban J connectivity index is 1.45. The first-order chi connectivity index (χ1) is 16.8. The molecule has 9 heteroatoms. The normalized spacial score (nSPS) is 22.5. The van der Waals surface area contributed by atoms with Gasteiger partial charge in [0.1, 0.15) is 23.9 Å². The lowest BCUT2D eigenvalue weighted by atomic mass is 9.74. The van der Waals surface area contributed by atoms with Gasteiger partial charge in [0.25, 0.3) is 12.6 Å². The van der Waals surface area contributed by atoms with Crippen molar-refractivity contribution in [1.82, 2.24) is 9.80 Å². The Morgan fingerprint density at radius 3 is 2.77 bits per heavy atom. The van der Waals surface area contributed by atoms with E-state index in [1.807, 2.05) is 36.2 Å². The number of rotatable bonds is 8. The van der Waals surface area contributed by atoms with Crippen molar-refractivity contribution >= 4 is 29.3 Å². The number of aliphatic carboxylic acids is 1. The van der Waals surface area contributed by atoms with E-state index in [4.69, 9.17) is 16.3 Å². The van der Waals surface area contributed by atoms with Gasteiger partial charge in [0.15, 0.2) is 18.2 Å². The van der Waals surface area contributed by atoms with Crippen LogP contribution in [0.25, 0.3) is 0 Å². The summed E-state index contributed by atoms with van der Waals surface area (Å²) >= 11 is 6.52. The summed E-state index contributed by atoms with van der Waals surface area (Å²) in [5, 5.41) is 9.96. The van der Waals surface area contributed by atoms with E-state index in [0.717, 1.165) is 18.4 Å². The van der Waals surface area contributed by atoms with Crippen molar-refractivity contribution in [3.8, 4) is 0 Å². The fraction of sp³-hybridized carbons (Fsp3) is 0.462. The lowest BCUT2D eigenvalue weighted by molar-refractivity contribution is -0.733. The number of ketones is 1. The second-order valence-electron chi connectivity index (χ2n) is 9.23. The maximum Gasteiger partial charge on any atom is 0.326 e. The lowest BCUT2D eigenvalue weighted by Gasteiger charge is -2.43. The largest absolute Gasteiger partial charge is 0.480 e. The molecule has 1 saturated carbocycles. The molecule has 2 fully saturated rings. The van der Waals surface area contributed by atoms with Crippen LogP contribution in [0.4, 0.5) is 0 Å². The summed E-state index contributed by atoms with van der Waals surface area (Å²) in [4.78, 5) is 40.9. The minimum atomic E-state index is -0.976. The molecule has 2 atom stereocenters. The quantitative estimate of drug-likeness (QED) is 0.442. The fourth-order valence-electron chi connectivity index (χ4n) is 5.26. The van der Waals surface area contributed by atoms with Gasteiger partial charge in [-0.25, -0.2) is 4.79 Å². The Labute approximate surface area is 210 Å². The zero-order valence-electron chi connectivity index (χ0n) is 19.9. The molecule has 2 heterocycles. The van der Waals surface area contributed by atoms with Crippen LogP contribution in [0.3, 0.4) is 0 Å². The number of Topliss-reactive ketones (excluding diaryl/α,β-unsaturated/α-hetero) is 1. The van der Waals surface area contributed by atoms with Crippen LogP contribution in [-0.4, -0.2) is 58.9 Å². The molecule has 8 nitrogen and oxygen atoms in total. The number of pyridine rings is 1. The van der Waals surface area contributed by atoms with E-state index in [0.29, 0.717) is 42.8 Å². The standard InChI is InChI=1S/C26H30ClN3O5/c1-28(26(13-5-4-12-23(26)31)20-9-2-3-10-21(20)27)17-35-18-29-14-6-8-19(16-29)24(32)30-15-7-11-22(30)25(33)34/h2-3,6,8-10,14,16,22H,4-5,7,11-13,15,17-18H2,1H3/p+1. The monoisotopic (exact) mass is 500 g/mol. The van der Waals surface area contributed by atoms with Crippen LogP contribution in [0.2, 0.25) is 5.02 Å². The molecule has 2 aliphatic rings. The first kappa shape index (κ1) is 25.3. The SMILES string of the molecule is CN(COC[n+]1cccc(C(=O)N2CCCC2C(=O)O)c1)C1(c2ccccc2Cl)CCCCC1=O. The van der Waals surface area contributed by atoms with Crippen molar-refractivity contribution in [1.29, 1.82) is 0 Å². The smallest absolute Gasteiger partial charge is 0.326 e. The van der Waals surface area contributed by atoms with Crippen LogP contribution in [-0.2, 0) is 26.6 Å². The molecule has 4 rings (SSSR count). The van der Waals surface area contributed by atoms with Gasteiger partial charge in [0.2, 0.25) is 0 Å². The molecule has 2 aromatic rings. The van der Waals surface area contributed by atoms with Crippen LogP contribution in [0.15, 0.2) is 48.8 Å². The molecule has 1 aromatic carbocycles. The number of aromatic nitrogens is 1. The number of carboxylic acid groups (broad SMARTS) is 1. The van der Waals surface area contributed by atoms with Crippen LogP contribution in [0.1, 0.15) is 54.4 Å². The Kier molecular flexibility index (Phi) is 7.84. The van der Waals surface area contributed by atoms with Gasteiger partial charge in [-0.3, -0.25) is 14.5 Å². The van der Waals surface area contributed by atoms with Gasteiger partial charge in [-0.1, -0.05) is 36.2 Å². The van der Waals surface area contributed by atoms with Crippen molar-refractivity contribution < 1.29 is 28.8 Å². The number of amides is 1. The molecule has 186 valence electrons. The molecule has 0 radical (unpaired) electrons. The van der Waals surface area contributed by atoms with Gasteiger partial charge < -0.3 is 14.7 Å². The maximum absolute atomic E-state index is 13.2. The second kappa shape index (κ2) is 10.8. The zero-order valence-corrected chi connectivity index (χ0v) is 20.6. The van der Waals surface area contributed by atoms with Crippen molar-refractivity contribution in [2.24, 2.45) is 0 Å². The molecule has 1 saturated heterocycles. The number of carboxylic acids is 1. The van der Waals surface area contributed by atoms with E-state index < -0.39 is 17.6 Å². The molecule has 1 aromatic heterocycles. The van der Waals surface area contributed by atoms with E-state index in [2.05, 4.69) is 0 Å². The molecular formula is C26H31ClN3O5+. The minimum absolute atomic E-state index is 0.141. The fourth-order valence-corrected chi connectivity index (χ4v) is 5.55. The average molecular weight is 501 g/mol. The van der Waals surface area contributed by atoms with Gasteiger partial charge in [0, 0.05) is 24.1 Å². The third-order valence-electron chi connectivity index (χ3n) is 7.05. The minimum Gasteiger partial charge on any atom is -0.480 e. The number of carbonyl (C=O) groups is 3. The molecule has 35 heavy (non-hydrogen) atoms. The Morgan fingerprint density at radius 1 is 1.23 bits per heavy atom. The van der Waals surface area contributed by atoms with Gasteiger partial charge in [-0.15, -0.1) is 0 Å². The number of halogens is 1. The van der Waals surface area contributed by atoms with E-state index in [1.165, 1.54) is 4.90 Å². The summed E-state index contributed by atoms with van der Waals surface area (Å²) < 4.78 is 7.70. The highest BCUT2D eigenvalue weighted by Gasteiger charge is 2.46. The van der Waals surface area contributed by atoms with Gasteiger partial charge in [-0.05, 0) is 50.4 Å². The molecule has 0 bridgehead atoms. The van der Waals surface area contributed by atoms with Crippen molar-refractivity contribution in [2.45, 2.75) is 56.8 Å². The first-order valence-corrected chi connectivity index (χ1v) is 12.3. The van der Waals surface area contributed by atoms with E-state index in [9.17, 15) is 19.5 Å². The Morgan fingerprint density at radius 2 is 2.03 bits per heavy atom. The number of hydrogen-bond donors (Lipinski definition) is 1. The summed E-state index contributed by atoms with van der Waals surface area (Å²) in [6, 6.07) is 10.1. The van der Waals surface area contributed by atoms with Crippen LogP contribution >= 0.6 is 11.6 Å². The average Bonchev–Trinajstić information content (AvgIpc) is 3.35. The van der Waals surface area contributed by atoms with Gasteiger partial charge in [0.05, 0.1) is 0 Å².